The Kier molecular flexibility index (Phi) is 2.99. The van der Waals surface area contributed by atoms with Gasteiger partial charge in [-0.2, -0.15) is 0 Å². The van der Waals surface area contributed by atoms with Crippen LogP contribution in [0.4, 0.5) is 0 Å². The molecule has 5 fully saturated rings. The van der Waals surface area contributed by atoms with E-state index in [1.807, 2.05) is 13.8 Å². The van der Waals surface area contributed by atoms with Crippen molar-refractivity contribution in [2.45, 2.75) is 76.1 Å². The summed E-state index contributed by atoms with van der Waals surface area (Å²) in [6.45, 7) is 3.59. The van der Waals surface area contributed by atoms with E-state index in [0.29, 0.717) is 44.9 Å². The predicted molar refractivity (Wildman–Crippen MR) is 89.8 cm³/mol. The van der Waals surface area contributed by atoms with Crippen LogP contribution in [0, 0.1) is 28.1 Å². The second-order valence-electron chi connectivity index (χ2n) is 10.1. The van der Waals surface area contributed by atoms with Crippen LogP contribution in [0.3, 0.4) is 0 Å². The molecule has 3 N–H and O–H groups in total. The molecule has 0 aromatic carbocycles. The lowest BCUT2D eigenvalue weighted by atomic mass is 9.39. The van der Waals surface area contributed by atoms with E-state index in [-0.39, 0.29) is 24.3 Å². The maximum atomic E-state index is 13.5. The molecule has 1 aliphatic heterocycles. The summed E-state index contributed by atoms with van der Waals surface area (Å²) in [5.74, 6) is -1.08. The van der Waals surface area contributed by atoms with Crippen molar-refractivity contribution in [3.63, 3.8) is 0 Å². The summed E-state index contributed by atoms with van der Waals surface area (Å²) in [6, 6.07) is 0. The molecule has 8 unspecified atom stereocenters. The van der Waals surface area contributed by atoms with E-state index in [9.17, 15) is 24.9 Å². The second kappa shape index (κ2) is 4.53. The van der Waals surface area contributed by atoms with Crippen molar-refractivity contribution in [1.82, 2.24) is 0 Å². The molecule has 5 rings (SSSR count). The Hall–Kier alpha value is -0.980. The fourth-order valence-electron chi connectivity index (χ4n) is 8.10. The summed E-state index contributed by atoms with van der Waals surface area (Å²) in [4.78, 5) is 26.3. The first kappa shape index (κ1) is 17.1. The number of aliphatic hydroxyl groups excluding tert-OH is 2. The van der Waals surface area contributed by atoms with E-state index in [2.05, 4.69) is 0 Å². The molecular formula is C20H28O6. The van der Waals surface area contributed by atoms with E-state index in [4.69, 9.17) is 4.74 Å². The fourth-order valence-corrected chi connectivity index (χ4v) is 8.10. The Morgan fingerprint density at radius 1 is 1.15 bits per heavy atom. The number of fused-ring (bicyclic) bond motifs is 1. The van der Waals surface area contributed by atoms with E-state index in [1.165, 1.54) is 0 Å². The van der Waals surface area contributed by atoms with Crippen molar-refractivity contribution in [3.05, 3.63) is 0 Å². The van der Waals surface area contributed by atoms with E-state index in [1.54, 1.807) is 0 Å². The van der Waals surface area contributed by atoms with Crippen LogP contribution >= 0.6 is 0 Å². The van der Waals surface area contributed by atoms with Gasteiger partial charge < -0.3 is 20.1 Å². The third-order valence-corrected chi connectivity index (χ3v) is 9.41. The van der Waals surface area contributed by atoms with Gasteiger partial charge in [-0.3, -0.25) is 9.59 Å². The van der Waals surface area contributed by atoms with Gasteiger partial charge in [0.2, 0.25) is 0 Å². The molecule has 6 nitrogen and oxygen atoms in total. The van der Waals surface area contributed by atoms with Crippen LogP contribution in [-0.2, 0) is 14.3 Å². The normalized spacial score (nSPS) is 60.4. The molecule has 8 atom stereocenters. The molecule has 6 heteroatoms. The minimum atomic E-state index is -1.16. The molecule has 0 aromatic heterocycles. The minimum Gasteiger partial charge on any atom is -0.458 e. The van der Waals surface area contributed by atoms with Crippen LogP contribution in [0.15, 0.2) is 0 Å². The molecule has 1 spiro atoms. The zero-order valence-corrected chi connectivity index (χ0v) is 15.5. The maximum absolute atomic E-state index is 13.5. The summed E-state index contributed by atoms with van der Waals surface area (Å²) in [7, 11) is 0. The van der Waals surface area contributed by atoms with E-state index < -0.39 is 39.5 Å². The van der Waals surface area contributed by atoms with E-state index in [0.717, 1.165) is 0 Å². The molecule has 4 saturated carbocycles. The van der Waals surface area contributed by atoms with Gasteiger partial charge in [-0.05, 0) is 45.4 Å². The van der Waals surface area contributed by atoms with Crippen molar-refractivity contribution in [2.75, 3.05) is 6.61 Å². The number of aliphatic hydroxyl groups is 3. The summed E-state index contributed by atoms with van der Waals surface area (Å²) in [5.41, 5.74) is -4.12. The Bertz CT molecular complexity index is 721. The lowest BCUT2D eigenvalue weighted by Crippen LogP contribution is -2.68. The lowest BCUT2D eigenvalue weighted by Gasteiger charge is -2.64. The average molecular weight is 364 g/mol. The first-order valence-corrected chi connectivity index (χ1v) is 9.88. The first-order chi connectivity index (χ1) is 12.1. The third kappa shape index (κ3) is 1.47. The molecular weight excluding hydrogens is 336 g/mol. The van der Waals surface area contributed by atoms with E-state index >= 15 is 0 Å². The molecule has 26 heavy (non-hydrogen) atoms. The second-order valence-corrected chi connectivity index (χ2v) is 10.1. The molecule has 0 aromatic rings. The van der Waals surface area contributed by atoms with Crippen LogP contribution in [0.25, 0.3) is 0 Å². The first-order valence-electron chi connectivity index (χ1n) is 9.88. The number of carbonyl (C=O) groups is 2. The van der Waals surface area contributed by atoms with Crippen molar-refractivity contribution < 1.29 is 29.6 Å². The third-order valence-electron chi connectivity index (χ3n) is 9.41. The highest BCUT2D eigenvalue weighted by Gasteiger charge is 2.82. The SMILES string of the molecule is CC12CC(O)CC3(OC1=O)C2CCC12CC(O)(CCC13C)C(CO)C2=O. The Labute approximate surface area is 152 Å². The average Bonchev–Trinajstić information content (AvgIpc) is 2.82. The van der Waals surface area contributed by atoms with Crippen molar-refractivity contribution >= 4 is 11.8 Å². The van der Waals surface area contributed by atoms with Gasteiger partial charge in [0.05, 0.1) is 29.6 Å². The number of ketones is 1. The van der Waals surface area contributed by atoms with Crippen molar-refractivity contribution in [2.24, 2.45) is 28.1 Å². The van der Waals surface area contributed by atoms with Gasteiger partial charge in [-0.25, -0.2) is 0 Å². The topological polar surface area (TPSA) is 104 Å². The maximum Gasteiger partial charge on any atom is 0.312 e. The predicted octanol–water partition coefficient (Wildman–Crippen LogP) is 0.952. The Morgan fingerprint density at radius 3 is 2.58 bits per heavy atom. The molecule has 1 heterocycles. The fraction of sp³-hybridized carbons (Fsp3) is 0.900. The highest BCUT2D eigenvalue weighted by Crippen LogP contribution is 2.77. The number of rotatable bonds is 1. The summed E-state index contributed by atoms with van der Waals surface area (Å²) >= 11 is 0. The zero-order valence-electron chi connectivity index (χ0n) is 15.5. The number of Topliss-reactive ketones (excluding diaryl/α,β-unsaturated/α-hetero) is 1. The van der Waals surface area contributed by atoms with Crippen molar-refractivity contribution in [1.29, 1.82) is 0 Å². The Balaban J connectivity index is 1.71. The summed E-state index contributed by atoms with van der Waals surface area (Å²) in [5, 5.41) is 31.5. The van der Waals surface area contributed by atoms with Crippen LogP contribution in [0.5, 0.6) is 0 Å². The number of esters is 1. The zero-order chi connectivity index (χ0) is 18.8. The van der Waals surface area contributed by atoms with Crippen molar-refractivity contribution in [3.8, 4) is 0 Å². The molecule has 4 bridgehead atoms. The van der Waals surface area contributed by atoms with Gasteiger partial charge in [0.15, 0.2) is 0 Å². The number of hydrogen-bond donors (Lipinski definition) is 3. The van der Waals surface area contributed by atoms with Gasteiger partial charge in [0, 0.05) is 23.2 Å². The number of carbonyl (C=O) groups excluding carboxylic acids is 2. The smallest absolute Gasteiger partial charge is 0.312 e. The van der Waals surface area contributed by atoms with Crippen LogP contribution in [0.1, 0.15) is 58.8 Å². The van der Waals surface area contributed by atoms with Gasteiger partial charge >= 0.3 is 5.97 Å². The van der Waals surface area contributed by atoms with Crippen LogP contribution < -0.4 is 0 Å². The molecule has 5 aliphatic rings. The number of ether oxygens (including phenoxy) is 1. The minimum absolute atomic E-state index is 0.00584. The molecule has 1 saturated heterocycles. The Morgan fingerprint density at radius 2 is 1.88 bits per heavy atom. The quantitative estimate of drug-likeness (QED) is 0.599. The highest BCUT2D eigenvalue weighted by molar-refractivity contribution is 5.93. The van der Waals surface area contributed by atoms with Gasteiger partial charge in [-0.1, -0.05) is 6.92 Å². The van der Waals surface area contributed by atoms with Gasteiger partial charge in [0.1, 0.15) is 11.4 Å². The van der Waals surface area contributed by atoms with Gasteiger partial charge in [0.25, 0.3) is 0 Å². The highest BCUT2D eigenvalue weighted by atomic mass is 16.6. The standard InChI is InChI=1S/C20H28O6/c1-16-7-11(22)8-20(26-15(16)24)13(16)3-4-18-10-19(25,6-5-17(18,20)2)12(9-21)14(18)23/h11-13,21-22,25H,3-10H2,1-2H3. The molecule has 144 valence electrons. The monoisotopic (exact) mass is 364 g/mol. The number of hydrogen-bond acceptors (Lipinski definition) is 6. The summed E-state index contributed by atoms with van der Waals surface area (Å²) in [6.07, 6.45) is 2.78. The van der Waals surface area contributed by atoms with Gasteiger partial charge in [-0.15, -0.1) is 0 Å². The van der Waals surface area contributed by atoms with Crippen LogP contribution in [0.2, 0.25) is 0 Å². The lowest BCUT2D eigenvalue weighted by molar-refractivity contribution is -0.240. The molecule has 0 amide bonds. The largest absolute Gasteiger partial charge is 0.458 e. The molecule has 4 aliphatic carbocycles. The van der Waals surface area contributed by atoms with Crippen LogP contribution in [-0.4, -0.2) is 51.0 Å². The summed E-state index contributed by atoms with van der Waals surface area (Å²) < 4.78 is 6.12. The molecule has 0 radical (unpaired) electrons.